The van der Waals surface area contributed by atoms with Gasteiger partial charge in [0.05, 0.1) is 11.7 Å². The summed E-state index contributed by atoms with van der Waals surface area (Å²) in [6, 6.07) is 2.81. The fourth-order valence-corrected chi connectivity index (χ4v) is 2.29. The largest absolute Gasteiger partial charge is 0.470 e. The van der Waals surface area contributed by atoms with E-state index in [4.69, 9.17) is 11.5 Å². The maximum Gasteiger partial charge on any atom is 0.422 e. The van der Waals surface area contributed by atoms with Gasteiger partial charge in [-0.1, -0.05) is 13.8 Å². The molecule has 1 unspecified atom stereocenters. The third-order valence-electron chi connectivity index (χ3n) is 3.83. The molecule has 0 spiro atoms. The molecule has 30 heavy (non-hydrogen) atoms. The molecule has 0 radical (unpaired) electrons. The van der Waals surface area contributed by atoms with Gasteiger partial charge in [0, 0.05) is 18.3 Å². The molecular weight excluding hydrogens is 403 g/mol. The number of hydrogen-bond donors (Lipinski definition) is 4. The number of hydroxylamine groups is 1. The highest BCUT2D eigenvalue weighted by Crippen LogP contribution is 2.19. The van der Waals surface area contributed by atoms with Crippen molar-refractivity contribution in [1.29, 1.82) is 0 Å². The molecular formula is C19H28F3N5O3. The first-order valence-electron chi connectivity index (χ1n) is 9.16. The van der Waals surface area contributed by atoms with E-state index in [1.165, 1.54) is 13.1 Å². The molecule has 1 aromatic heterocycles. The number of amides is 1. The van der Waals surface area contributed by atoms with Crippen molar-refractivity contribution in [1.82, 2.24) is 10.3 Å². The molecule has 1 heterocycles. The highest BCUT2D eigenvalue weighted by molar-refractivity contribution is 5.93. The zero-order valence-electron chi connectivity index (χ0n) is 17.3. The van der Waals surface area contributed by atoms with Crippen LogP contribution in [0, 0.1) is 5.92 Å². The van der Waals surface area contributed by atoms with Gasteiger partial charge in [0.1, 0.15) is 0 Å². The second-order valence-corrected chi connectivity index (χ2v) is 7.17. The van der Waals surface area contributed by atoms with Gasteiger partial charge in [0.15, 0.2) is 18.3 Å². The number of nitrogens with zero attached hydrogens (tertiary/aromatic N) is 2. The van der Waals surface area contributed by atoms with Gasteiger partial charge in [0.25, 0.3) is 5.91 Å². The van der Waals surface area contributed by atoms with E-state index < -0.39 is 30.6 Å². The summed E-state index contributed by atoms with van der Waals surface area (Å²) in [5, 5.41) is 13.7. The zero-order chi connectivity index (χ0) is 23.1. The van der Waals surface area contributed by atoms with Crippen LogP contribution < -0.4 is 21.8 Å². The van der Waals surface area contributed by atoms with Crippen LogP contribution in [0.3, 0.4) is 0 Å². The topological polar surface area (TPSA) is 127 Å². The van der Waals surface area contributed by atoms with Crippen LogP contribution in [0.1, 0.15) is 39.3 Å². The summed E-state index contributed by atoms with van der Waals surface area (Å²) in [7, 11) is 0. The van der Waals surface area contributed by atoms with Gasteiger partial charge >= 0.3 is 6.18 Å². The Morgan fingerprint density at radius 1 is 1.37 bits per heavy atom. The number of carbonyl (C=O) groups is 1. The highest BCUT2D eigenvalue weighted by atomic mass is 19.4. The fourth-order valence-electron chi connectivity index (χ4n) is 2.29. The molecule has 6 N–H and O–H groups in total. The Labute approximate surface area is 173 Å². The molecule has 0 aliphatic rings. The average Bonchev–Trinajstić information content (AvgIpc) is 2.64. The van der Waals surface area contributed by atoms with Crippen LogP contribution in [0.2, 0.25) is 0 Å². The average molecular weight is 431 g/mol. The molecule has 168 valence electrons. The Morgan fingerprint density at radius 2 is 2.00 bits per heavy atom. The second kappa shape index (κ2) is 10.7. The van der Waals surface area contributed by atoms with Crippen LogP contribution in [0.15, 0.2) is 41.6 Å². The summed E-state index contributed by atoms with van der Waals surface area (Å²) in [6.07, 6.45) is -1.90. The van der Waals surface area contributed by atoms with Crippen molar-refractivity contribution in [2.24, 2.45) is 17.4 Å². The minimum atomic E-state index is -4.53. The number of halogens is 3. The van der Waals surface area contributed by atoms with Gasteiger partial charge < -0.3 is 21.5 Å². The normalized spacial score (nSPS) is 14.2. The Kier molecular flexibility index (Phi) is 8.96. The van der Waals surface area contributed by atoms with Gasteiger partial charge in [0.2, 0.25) is 0 Å². The van der Waals surface area contributed by atoms with Crippen LogP contribution >= 0.6 is 0 Å². The van der Waals surface area contributed by atoms with E-state index in [-0.39, 0.29) is 17.2 Å². The van der Waals surface area contributed by atoms with Crippen LogP contribution in [-0.4, -0.2) is 35.4 Å². The number of ether oxygens (including phenoxy) is 1. The van der Waals surface area contributed by atoms with Crippen molar-refractivity contribution in [2.75, 3.05) is 18.2 Å². The van der Waals surface area contributed by atoms with Crippen molar-refractivity contribution in [3.63, 3.8) is 0 Å². The van der Waals surface area contributed by atoms with Gasteiger partial charge in [-0.15, -0.1) is 0 Å². The van der Waals surface area contributed by atoms with Gasteiger partial charge in [-0.2, -0.15) is 13.2 Å². The monoisotopic (exact) mass is 431 g/mol. The maximum atomic E-state index is 12.3. The zero-order valence-corrected chi connectivity index (χ0v) is 17.3. The van der Waals surface area contributed by atoms with E-state index in [1.54, 1.807) is 19.1 Å². The molecule has 11 heteroatoms. The number of rotatable bonds is 9. The molecule has 0 fully saturated rings. The lowest BCUT2D eigenvalue weighted by Crippen LogP contribution is -2.31. The molecule has 0 bridgehead atoms. The van der Waals surface area contributed by atoms with E-state index in [9.17, 15) is 23.2 Å². The van der Waals surface area contributed by atoms with Gasteiger partial charge in [-0.25, -0.2) is 10.0 Å². The predicted molar refractivity (Wildman–Crippen MR) is 106 cm³/mol. The summed E-state index contributed by atoms with van der Waals surface area (Å²) in [5.41, 5.74) is 11.6. The first kappa shape index (κ1) is 25.1. The molecule has 0 saturated heterocycles. The molecule has 0 aliphatic carbocycles. The van der Waals surface area contributed by atoms with Gasteiger partial charge in [-0.3, -0.25) is 10.0 Å². The number of pyridine rings is 1. The molecule has 8 nitrogen and oxygen atoms in total. The fraction of sp³-hybridized carbons (Fsp3) is 0.474. The summed E-state index contributed by atoms with van der Waals surface area (Å²) >= 11 is 0. The van der Waals surface area contributed by atoms with Crippen molar-refractivity contribution in [3.8, 4) is 0 Å². The summed E-state index contributed by atoms with van der Waals surface area (Å²) in [4.78, 5) is 16.4. The van der Waals surface area contributed by atoms with E-state index in [0.717, 1.165) is 11.1 Å². The van der Waals surface area contributed by atoms with E-state index in [0.29, 0.717) is 17.9 Å². The third kappa shape index (κ3) is 8.60. The van der Waals surface area contributed by atoms with Crippen molar-refractivity contribution in [3.05, 3.63) is 47.1 Å². The standard InChI is InChI=1S/C19H28F3N5O3/c1-11(2)9-27(29)16-8-14(5-6-25-16)13(4)26-18(28)15(23)7-12(3)17(24)30-10-19(20,21)22/h5-8,11,13,29H,9-10,23-24H2,1-4H3,(H,26,28)/b15-7-,17-12+. The van der Waals surface area contributed by atoms with Crippen LogP contribution in [0.4, 0.5) is 19.0 Å². The molecule has 1 atom stereocenters. The van der Waals surface area contributed by atoms with Crippen LogP contribution in [0.5, 0.6) is 0 Å². The lowest BCUT2D eigenvalue weighted by atomic mass is 10.1. The number of nitrogens with two attached hydrogens (primary N) is 2. The summed E-state index contributed by atoms with van der Waals surface area (Å²) in [5.74, 6) is -0.583. The highest BCUT2D eigenvalue weighted by Gasteiger charge is 2.28. The number of alkyl halides is 3. The first-order valence-corrected chi connectivity index (χ1v) is 9.16. The Balaban J connectivity index is 2.83. The molecule has 1 aromatic rings. The number of nitrogens with one attached hydrogen (secondary N) is 1. The van der Waals surface area contributed by atoms with E-state index in [1.807, 2.05) is 13.8 Å². The van der Waals surface area contributed by atoms with Crippen LogP contribution in [0.25, 0.3) is 0 Å². The van der Waals surface area contributed by atoms with Crippen molar-refractivity contribution < 1.29 is 27.9 Å². The van der Waals surface area contributed by atoms with Crippen LogP contribution in [-0.2, 0) is 9.53 Å². The number of hydrogen-bond acceptors (Lipinski definition) is 7. The van der Waals surface area contributed by atoms with E-state index >= 15 is 0 Å². The Bertz CT molecular complexity index is 794. The smallest absolute Gasteiger partial charge is 0.422 e. The van der Waals surface area contributed by atoms with Crippen molar-refractivity contribution >= 4 is 11.7 Å². The quantitative estimate of drug-likeness (QED) is 0.205. The Hall–Kier alpha value is -2.95. The number of anilines is 1. The minimum absolute atomic E-state index is 0.0790. The molecule has 0 aliphatic heterocycles. The number of allylic oxidation sites excluding steroid dienone is 2. The van der Waals surface area contributed by atoms with E-state index in [2.05, 4.69) is 15.0 Å². The Morgan fingerprint density at radius 3 is 2.57 bits per heavy atom. The molecule has 0 saturated carbocycles. The maximum absolute atomic E-state index is 12.3. The first-order chi connectivity index (χ1) is 13.8. The van der Waals surface area contributed by atoms with Gasteiger partial charge in [-0.05, 0) is 43.5 Å². The number of carbonyl (C=O) groups excluding carboxylic acids is 1. The predicted octanol–water partition coefficient (Wildman–Crippen LogP) is 2.72. The lowest BCUT2D eigenvalue weighted by Gasteiger charge is -2.20. The second-order valence-electron chi connectivity index (χ2n) is 7.17. The molecule has 0 aromatic carbocycles. The SMILES string of the molecule is CC(/C=C(\N)C(=O)NC(C)c1ccnc(N(O)CC(C)C)c1)=C(/N)OCC(F)(F)F. The summed E-state index contributed by atoms with van der Waals surface area (Å²) < 4.78 is 41.0. The van der Waals surface area contributed by atoms with Crippen molar-refractivity contribution in [2.45, 2.75) is 39.9 Å². The molecule has 1 amide bonds. The third-order valence-corrected chi connectivity index (χ3v) is 3.83. The number of aromatic nitrogens is 1. The molecule has 1 rings (SSSR count). The minimum Gasteiger partial charge on any atom is -0.470 e. The lowest BCUT2D eigenvalue weighted by molar-refractivity contribution is -0.165. The summed E-state index contributed by atoms with van der Waals surface area (Å²) in [6.45, 7) is 5.81.